The first-order valence-electron chi connectivity index (χ1n) is 12.2. The monoisotopic (exact) mass is 439 g/mol. The molecule has 0 saturated heterocycles. The Morgan fingerprint density at radius 2 is 1.23 bits per heavy atom. The van der Waals surface area contributed by atoms with E-state index in [9.17, 15) is 13.0 Å². The molecule has 1 unspecified atom stereocenters. The number of likely N-dealkylation sites (N-methyl/N-ethyl adjacent to an activating group) is 1. The molecule has 0 amide bonds. The number of nitrogens with zero attached hydrogens (tertiary/aromatic N) is 1. The number of unbranched alkanes of at least 4 members (excludes halogenated alkanes) is 10. The third-order valence-corrected chi connectivity index (χ3v) is 6.97. The number of hydrogen-bond donors (Lipinski definition) is 0. The average Bonchev–Trinajstić information content (AvgIpc) is 2.71. The summed E-state index contributed by atoms with van der Waals surface area (Å²) in [4.78, 5) is 0. The Morgan fingerprint density at radius 3 is 1.77 bits per heavy atom. The molecular formula is C25H45NO3S. The Morgan fingerprint density at radius 1 is 0.733 bits per heavy atom. The molecular weight excluding hydrogens is 394 g/mol. The van der Waals surface area contributed by atoms with E-state index in [1.165, 1.54) is 69.8 Å². The van der Waals surface area contributed by atoms with Crippen molar-refractivity contribution in [2.75, 3.05) is 32.4 Å². The summed E-state index contributed by atoms with van der Waals surface area (Å²) in [5.41, 5.74) is 1.35. The van der Waals surface area contributed by atoms with Crippen LogP contribution >= 0.6 is 0 Å². The van der Waals surface area contributed by atoms with Crippen LogP contribution < -0.4 is 0 Å². The molecule has 174 valence electrons. The van der Waals surface area contributed by atoms with Crippen molar-refractivity contribution < 1.29 is 17.5 Å². The van der Waals surface area contributed by atoms with Gasteiger partial charge >= 0.3 is 0 Å². The Hall–Kier alpha value is -0.910. The molecule has 0 aliphatic heterocycles. The third-order valence-electron chi connectivity index (χ3n) is 6.18. The van der Waals surface area contributed by atoms with E-state index < -0.39 is 10.1 Å². The first-order chi connectivity index (χ1) is 14.3. The van der Waals surface area contributed by atoms with Crippen LogP contribution in [0.5, 0.6) is 0 Å². The molecule has 1 atom stereocenters. The van der Waals surface area contributed by atoms with Crippen molar-refractivity contribution in [2.45, 2.75) is 90.4 Å². The van der Waals surface area contributed by atoms with Crippen LogP contribution in [0, 0.1) is 0 Å². The molecule has 0 aromatic heterocycles. The molecule has 0 spiro atoms. The zero-order chi connectivity index (χ0) is 22.1. The molecule has 0 radical (unpaired) electrons. The second-order valence-electron chi connectivity index (χ2n) is 9.18. The van der Waals surface area contributed by atoms with Crippen LogP contribution in [0.4, 0.5) is 0 Å². The number of rotatable bonds is 19. The predicted molar refractivity (Wildman–Crippen MR) is 127 cm³/mol. The van der Waals surface area contributed by atoms with Crippen LogP contribution in [0.1, 0.15) is 89.5 Å². The van der Waals surface area contributed by atoms with Crippen LogP contribution in [-0.4, -0.2) is 49.9 Å². The summed E-state index contributed by atoms with van der Waals surface area (Å²) in [6.45, 7) is 5.40. The minimum absolute atomic E-state index is 0.232. The quantitative estimate of drug-likeness (QED) is 0.153. The predicted octanol–water partition coefficient (Wildman–Crippen LogP) is 5.92. The number of benzene rings is 1. The molecule has 0 aliphatic rings. The molecule has 0 heterocycles. The van der Waals surface area contributed by atoms with Crippen molar-refractivity contribution in [3.05, 3.63) is 35.9 Å². The lowest BCUT2D eigenvalue weighted by molar-refractivity contribution is -0.909. The molecule has 0 fully saturated rings. The molecule has 1 rings (SSSR count). The first kappa shape index (κ1) is 27.1. The van der Waals surface area contributed by atoms with Gasteiger partial charge in [-0.15, -0.1) is 0 Å². The van der Waals surface area contributed by atoms with E-state index in [-0.39, 0.29) is 5.75 Å². The molecule has 30 heavy (non-hydrogen) atoms. The fraction of sp³-hybridized carbons (Fsp3) is 0.760. The Balaban J connectivity index is 2.33. The maximum Gasteiger partial charge on any atom is 0.0945 e. The lowest BCUT2D eigenvalue weighted by Gasteiger charge is -2.35. The normalized spacial score (nSPS) is 14.0. The van der Waals surface area contributed by atoms with Crippen molar-refractivity contribution >= 4 is 10.1 Å². The van der Waals surface area contributed by atoms with Gasteiger partial charge in [-0.2, -0.15) is 0 Å². The van der Waals surface area contributed by atoms with E-state index in [2.05, 4.69) is 38.2 Å². The highest BCUT2D eigenvalue weighted by Crippen LogP contribution is 2.15. The SMILES string of the molecule is CCCCCCCCCCCC[N+](C)(CCCCS(=O)(=O)[O-])CCc1ccccc1. The van der Waals surface area contributed by atoms with Crippen LogP contribution in [0.2, 0.25) is 0 Å². The molecule has 0 aliphatic carbocycles. The minimum Gasteiger partial charge on any atom is -0.748 e. The molecule has 0 saturated carbocycles. The Kier molecular flexibility index (Phi) is 14.3. The maximum atomic E-state index is 10.9. The summed E-state index contributed by atoms with van der Waals surface area (Å²) in [7, 11) is -1.80. The summed E-state index contributed by atoms with van der Waals surface area (Å²) in [6, 6.07) is 10.6. The van der Waals surface area contributed by atoms with E-state index in [0.717, 1.165) is 37.0 Å². The number of hydrogen-bond acceptors (Lipinski definition) is 3. The second kappa shape index (κ2) is 15.8. The van der Waals surface area contributed by atoms with E-state index in [1.54, 1.807) is 0 Å². The van der Waals surface area contributed by atoms with Gasteiger partial charge in [-0.25, -0.2) is 8.42 Å². The summed E-state index contributed by atoms with van der Waals surface area (Å²) in [5, 5.41) is 0. The van der Waals surface area contributed by atoms with Crippen molar-refractivity contribution in [2.24, 2.45) is 0 Å². The van der Waals surface area contributed by atoms with E-state index in [0.29, 0.717) is 6.42 Å². The fourth-order valence-corrected chi connectivity index (χ4v) is 4.69. The van der Waals surface area contributed by atoms with Gasteiger partial charge in [0.25, 0.3) is 0 Å². The van der Waals surface area contributed by atoms with Crippen LogP contribution in [0.25, 0.3) is 0 Å². The molecule has 0 N–H and O–H groups in total. The largest absolute Gasteiger partial charge is 0.748 e. The molecule has 1 aromatic carbocycles. The van der Waals surface area contributed by atoms with Crippen molar-refractivity contribution in [1.82, 2.24) is 0 Å². The number of quaternary nitrogens is 1. The Labute approximate surface area is 186 Å². The zero-order valence-corrected chi connectivity index (χ0v) is 20.3. The highest BCUT2D eigenvalue weighted by atomic mass is 32.2. The van der Waals surface area contributed by atoms with E-state index in [4.69, 9.17) is 0 Å². The van der Waals surface area contributed by atoms with Gasteiger partial charge in [0.1, 0.15) is 0 Å². The molecule has 0 bridgehead atoms. The molecule has 1 aromatic rings. The van der Waals surface area contributed by atoms with Crippen LogP contribution in [0.15, 0.2) is 30.3 Å². The lowest BCUT2D eigenvalue weighted by Crippen LogP contribution is -2.47. The first-order valence-corrected chi connectivity index (χ1v) is 13.7. The Bertz CT molecular complexity index is 633. The zero-order valence-electron chi connectivity index (χ0n) is 19.5. The van der Waals surface area contributed by atoms with Gasteiger partial charge in [0, 0.05) is 12.2 Å². The summed E-state index contributed by atoms with van der Waals surface area (Å²) < 4.78 is 33.6. The van der Waals surface area contributed by atoms with Crippen molar-refractivity contribution in [3.8, 4) is 0 Å². The fourth-order valence-electron chi connectivity index (χ4n) is 4.13. The van der Waals surface area contributed by atoms with Gasteiger partial charge in [0.05, 0.1) is 36.8 Å². The van der Waals surface area contributed by atoms with E-state index in [1.807, 2.05) is 6.07 Å². The highest BCUT2D eigenvalue weighted by Gasteiger charge is 2.20. The van der Waals surface area contributed by atoms with Crippen LogP contribution in [-0.2, 0) is 16.5 Å². The molecule has 5 heteroatoms. The lowest BCUT2D eigenvalue weighted by atomic mass is 10.1. The summed E-state index contributed by atoms with van der Waals surface area (Å²) in [6.07, 6.45) is 15.7. The van der Waals surface area contributed by atoms with Gasteiger partial charge < -0.3 is 9.04 Å². The van der Waals surface area contributed by atoms with Crippen molar-refractivity contribution in [1.29, 1.82) is 0 Å². The molecule has 4 nitrogen and oxygen atoms in total. The van der Waals surface area contributed by atoms with Gasteiger partial charge in [-0.3, -0.25) is 0 Å². The summed E-state index contributed by atoms with van der Waals surface area (Å²) in [5.74, 6) is -0.232. The second-order valence-corrected chi connectivity index (χ2v) is 10.7. The summed E-state index contributed by atoms with van der Waals surface area (Å²) >= 11 is 0. The van der Waals surface area contributed by atoms with E-state index >= 15 is 0 Å². The smallest absolute Gasteiger partial charge is 0.0945 e. The van der Waals surface area contributed by atoms with Gasteiger partial charge in [0.15, 0.2) is 0 Å². The maximum absolute atomic E-state index is 10.9. The van der Waals surface area contributed by atoms with Gasteiger partial charge in [-0.05, 0) is 31.2 Å². The topological polar surface area (TPSA) is 57.2 Å². The van der Waals surface area contributed by atoms with Crippen LogP contribution in [0.3, 0.4) is 0 Å². The minimum atomic E-state index is -4.09. The standard InChI is InChI=1S/C25H45NO3S/c1-3-4-5-6-7-8-9-10-11-15-21-26(2,22-16-17-24-30(27,28)29)23-20-25-18-13-12-14-19-25/h12-14,18-19H,3-11,15-17,20-24H2,1-2H3. The average molecular weight is 440 g/mol. The van der Waals surface area contributed by atoms with Gasteiger partial charge in [-0.1, -0.05) is 88.6 Å². The van der Waals surface area contributed by atoms with Crippen molar-refractivity contribution in [3.63, 3.8) is 0 Å². The third kappa shape index (κ3) is 15.0. The van der Waals surface area contributed by atoms with Gasteiger partial charge in [0.2, 0.25) is 0 Å². The highest BCUT2D eigenvalue weighted by molar-refractivity contribution is 7.85.